The van der Waals surface area contributed by atoms with Crippen LogP contribution in [0.15, 0.2) is 41.0 Å². The Hall–Kier alpha value is -4.65. The molecular weight excluding hydrogens is 585 g/mol. The molecule has 0 aliphatic carbocycles. The molecule has 4 rings (SSSR count). The van der Waals surface area contributed by atoms with Crippen LogP contribution in [0.4, 0.5) is 18.9 Å². The Kier molecular flexibility index (Phi) is 7.72. The minimum atomic E-state index is -4.81. The van der Waals surface area contributed by atoms with E-state index in [0.717, 1.165) is 4.68 Å². The van der Waals surface area contributed by atoms with Gasteiger partial charge in [0.15, 0.2) is 5.82 Å². The molecule has 16 heteroatoms. The Morgan fingerprint density at radius 2 is 1.97 bits per heavy atom. The largest absolute Gasteiger partial charge is 0.453 e. The average Bonchev–Trinajstić information content (AvgIpc) is 3.53. The van der Waals surface area contributed by atoms with Gasteiger partial charge in [-0.2, -0.15) is 23.5 Å². The summed E-state index contributed by atoms with van der Waals surface area (Å²) < 4.78 is 42.0. The monoisotopic (exact) mass is 602 g/mol. The molecule has 0 unspecified atom stereocenters. The van der Waals surface area contributed by atoms with Crippen molar-refractivity contribution in [1.82, 2.24) is 40.3 Å². The number of hydrogen-bond acceptors (Lipinski definition) is 8. The van der Waals surface area contributed by atoms with Crippen molar-refractivity contribution in [3.05, 3.63) is 74.9 Å². The predicted octanol–water partition coefficient (Wildman–Crippen LogP) is 3.27. The number of benzene rings is 1. The summed E-state index contributed by atoms with van der Waals surface area (Å²) in [6.07, 6.45) is -3.36. The van der Waals surface area contributed by atoms with E-state index in [0.29, 0.717) is 21.3 Å². The van der Waals surface area contributed by atoms with E-state index in [-0.39, 0.29) is 34.0 Å². The minimum Gasteiger partial charge on any atom is -0.352 e. The van der Waals surface area contributed by atoms with Gasteiger partial charge in [-0.25, -0.2) is 14.3 Å². The predicted molar refractivity (Wildman–Crippen MR) is 133 cm³/mol. The third-order valence-electron chi connectivity index (χ3n) is 5.31. The lowest BCUT2D eigenvalue weighted by Crippen LogP contribution is -2.26. The standard InChI is InChI=1S/C23H18BrF3N10O2/c1-3-29-20(38)15-8-13(10-28)7-12(2)18(15)31-21(39)17-9-14(11-36-22(23(25,26)27)32-34-35-36)33-37(17)19-16(24)5-4-6-30-19/h4-9H,3,11H2,1-2H3,(H,29,38)(H,31,39). The van der Waals surface area contributed by atoms with Crippen LogP contribution < -0.4 is 10.6 Å². The maximum Gasteiger partial charge on any atom is 0.453 e. The minimum absolute atomic E-state index is 0.0241. The first-order valence-corrected chi connectivity index (χ1v) is 12.0. The number of pyridine rings is 1. The molecule has 0 aliphatic heterocycles. The fourth-order valence-electron chi connectivity index (χ4n) is 3.66. The van der Waals surface area contributed by atoms with Gasteiger partial charge in [0.25, 0.3) is 17.6 Å². The number of aromatic nitrogens is 7. The molecule has 0 saturated carbocycles. The van der Waals surface area contributed by atoms with Gasteiger partial charge in [0.2, 0.25) is 0 Å². The number of carbonyl (C=O) groups excluding carboxylic acids is 2. The third-order valence-corrected chi connectivity index (χ3v) is 5.93. The average molecular weight is 603 g/mol. The number of aryl methyl sites for hydroxylation is 1. The highest BCUT2D eigenvalue weighted by molar-refractivity contribution is 9.10. The number of tetrazole rings is 1. The number of nitrogens with one attached hydrogen (secondary N) is 2. The Labute approximate surface area is 227 Å². The van der Waals surface area contributed by atoms with Crippen molar-refractivity contribution in [2.24, 2.45) is 0 Å². The molecule has 0 saturated heterocycles. The summed E-state index contributed by atoms with van der Waals surface area (Å²) >= 11 is 3.34. The Morgan fingerprint density at radius 1 is 1.21 bits per heavy atom. The summed E-state index contributed by atoms with van der Waals surface area (Å²) in [5, 5.41) is 28.5. The molecule has 0 radical (unpaired) electrons. The summed E-state index contributed by atoms with van der Waals surface area (Å²) in [7, 11) is 0. The van der Waals surface area contributed by atoms with Gasteiger partial charge in [0.05, 0.1) is 39.6 Å². The van der Waals surface area contributed by atoms with Crippen LogP contribution in [0.1, 0.15) is 50.4 Å². The molecule has 0 aliphatic rings. The van der Waals surface area contributed by atoms with Gasteiger partial charge in [-0.05, 0) is 76.1 Å². The molecule has 1 aromatic carbocycles. The molecule has 12 nitrogen and oxygen atoms in total. The summed E-state index contributed by atoms with van der Waals surface area (Å²) in [4.78, 5) is 30.5. The third kappa shape index (κ3) is 5.77. The molecule has 3 aromatic heterocycles. The van der Waals surface area contributed by atoms with Crippen LogP contribution in [0.25, 0.3) is 5.82 Å². The van der Waals surface area contributed by atoms with Crippen LogP contribution in [-0.4, -0.2) is 53.3 Å². The van der Waals surface area contributed by atoms with Crippen molar-refractivity contribution in [1.29, 1.82) is 5.26 Å². The molecular formula is C23H18BrF3N10O2. The van der Waals surface area contributed by atoms with Crippen LogP contribution in [0.2, 0.25) is 0 Å². The van der Waals surface area contributed by atoms with Crippen LogP contribution in [0.3, 0.4) is 0 Å². The number of nitrogens with zero attached hydrogens (tertiary/aromatic N) is 8. The van der Waals surface area contributed by atoms with Crippen LogP contribution in [0, 0.1) is 18.3 Å². The molecule has 0 atom stereocenters. The molecule has 0 fully saturated rings. The quantitative estimate of drug-likeness (QED) is 0.326. The van der Waals surface area contributed by atoms with Crippen molar-refractivity contribution in [2.45, 2.75) is 26.6 Å². The topological polar surface area (TPSA) is 156 Å². The van der Waals surface area contributed by atoms with E-state index in [1.165, 1.54) is 24.4 Å². The van der Waals surface area contributed by atoms with E-state index in [1.54, 1.807) is 26.0 Å². The first-order chi connectivity index (χ1) is 18.5. The Morgan fingerprint density at radius 3 is 2.64 bits per heavy atom. The highest BCUT2D eigenvalue weighted by Crippen LogP contribution is 2.28. The van der Waals surface area contributed by atoms with Crippen LogP contribution in [-0.2, 0) is 12.7 Å². The van der Waals surface area contributed by atoms with Gasteiger partial charge in [-0.15, -0.1) is 5.10 Å². The second-order valence-electron chi connectivity index (χ2n) is 8.04. The van der Waals surface area contributed by atoms with Gasteiger partial charge >= 0.3 is 6.18 Å². The number of anilines is 1. The number of rotatable bonds is 7. The summed E-state index contributed by atoms with van der Waals surface area (Å²) in [6, 6.07) is 9.38. The van der Waals surface area contributed by atoms with Gasteiger partial charge in [-0.1, -0.05) is 0 Å². The van der Waals surface area contributed by atoms with Crippen molar-refractivity contribution in [3.8, 4) is 11.9 Å². The Balaban J connectivity index is 1.79. The maximum atomic E-state index is 13.6. The highest BCUT2D eigenvalue weighted by Gasteiger charge is 2.38. The summed E-state index contributed by atoms with van der Waals surface area (Å²) in [6.45, 7) is 3.15. The first-order valence-electron chi connectivity index (χ1n) is 11.2. The zero-order valence-electron chi connectivity index (χ0n) is 20.3. The van der Waals surface area contributed by atoms with Crippen molar-refractivity contribution >= 4 is 33.4 Å². The van der Waals surface area contributed by atoms with E-state index in [2.05, 4.69) is 52.2 Å². The lowest BCUT2D eigenvalue weighted by Gasteiger charge is -2.15. The van der Waals surface area contributed by atoms with E-state index >= 15 is 0 Å². The Bertz CT molecular complexity index is 1610. The van der Waals surface area contributed by atoms with E-state index in [1.807, 2.05) is 6.07 Å². The number of nitriles is 1. The highest BCUT2D eigenvalue weighted by atomic mass is 79.9. The lowest BCUT2D eigenvalue weighted by atomic mass is 10.0. The van der Waals surface area contributed by atoms with Crippen LogP contribution in [0.5, 0.6) is 0 Å². The second kappa shape index (κ2) is 11.0. The van der Waals surface area contributed by atoms with Crippen molar-refractivity contribution in [3.63, 3.8) is 0 Å². The molecule has 0 spiro atoms. The summed E-state index contributed by atoms with van der Waals surface area (Å²) in [5.41, 5.74) is 0.804. The second-order valence-corrected chi connectivity index (χ2v) is 8.89. The summed E-state index contributed by atoms with van der Waals surface area (Å²) in [5.74, 6) is -2.39. The number of hydrogen-bond donors (Lipinski definition) is 2. The van der Waals surface area contributed by atoms with Crippen molar-refractivity contribution in [2.75, 3.05) is 11.9 Å². The first kappa shape index (κ1) is 27.4. The van der Waals surface area contributed by atoms with E-state index < -0.39 is 30.4 Å². The molecule has 200 valence electrons. The number of carbonyl (C=O) groups is 2. The molecule has 2 amide bonds. The zero-order valence-corrected chi connectivity index (χ0v) is 21.9. The number of alkyl halides is 3. The fraction of sp³-hybridized carbons (Fsp3) is 0.217. The number of halogens is 4. The van der Waals surface area contributed by atoms with Gasteiger partial charge in [0.1, 0.15) is 5.69 Å². The maximum absolute atomic E-state index is 13.6. The number of amides is 2. The van der Waals surface area contributed by atoms with Gasteiger partial charge in [-0.3, -0.25) is 9.59 Å². The van der Waals surface area contributed by atoms with E-state index in [4.69, 9.17) is 0 Å². The van der Waals surface area contributed by atoms with Gasteiger partial charge in [0, 0.05) is 12.7 Å². The smallest absolute Gasteiger partial charge is 0.352 e. The van der Waals surface area contributed by atoms with Crippen LogP contribution >= 0.6 is 15.9 Å². The van der Waals surface area contributed by atoms with E-state index in [9.17, 15) is 28.0 Å². The lowest BCUT2D eigenvalue weighted by molar-refractivity contribution is -0.147. The normalized spacial score (nSPS) is 11.2. The fourth-order valence-corrected chi connectivity index (χ4v) is 4.08. The zero-order chi connectivity index (χ0) is 28.3. The molecule has 3 heterocycles. The van der Waals surface area contributed by atoms with Gasteiger partial charge < -0.3 is 10.6 Å². The molecule has 39 heavy (non-hydrogen) atoms. The van der Waals surface area contributed by atoms with Crippen molar-refractivity contribution < 1.29 is 22.8 Å². The molecule has 4 aromatic rings. The molecule has 2 N–H and O–H groups in total. The molecule has 0 bridgehead atoms. The SMILES string of the molecule is CCNC(=O)c1cc(C#N)cc(C)c1NC(=O)c1cc(Cn2nnnc2C(F)(F)F)nn1-c1ncccc1Br.